The van der Waals surface area contributed by atoms with Gasteiger partial charge in [-0.15, -0.1) is 10.2 Å². The summed E-state index contributed by atoms with van der Waals surface area (Å²) in [4.78, 5) is 21.3. The van der Waals surface area contributed by atoms with Gasteiger partial charge in [0.15, 0.2) is 5.82 Å². The van der Waals surface area contributed by atoms with E-state index in [4.69, 9.17) is 0 Å². The van der Waals surface area contributed by atoms with Crippen molar-refractivity contribution in [1.29, 1.82) is 0 Å². The van der Waals surface area contributed by atoms with Crippen molar-refractivity contribution >= 4 is 11.7 Å². The van der Waals surface area contributed by atoms with Crippen LogP contribution in [-0.4, -0.2) is 52.2 Å². The Labute approximate surface area is 187 Å². The first-order valence-electron chi connectivity index (χ1n) is 10.7. The van der Waals surface area contributed by atoms with Gasteiger partial charge in [-0.1, -0.05) is 48.5 Å². The predicted molar refractivity (Wildman–Crippen MR) is 125 cm³/mol. The average Bonchev–Trinajstić information content (AvgIpc) is 2.90. The van der Waals surface area contributed by atoms with Crippen molar-refractivity contribution < 1.29 is 4.79 Å². The minimum atomic E-state index is 0.0702. The predicted octanol–water partition coefficient (Wildman–Crippen LogP) is 4.17. The molecule has 0 N–H and O–H groups in total. The Hall–Kier alpha value is -4.06. The van der Waals surface area contributed by atoms with E-state index < -0.39 is 0 Å². The van der Waals surface area contributed by atoms with Crippen LogP contribution in [0.5, 0.6) is 0 Å². The van der Waals surface area contributed by atoms with Crippen LogP contribution in [0.2, 0.25) is 0 Å². The Morgan fingerprint density at radius 3 is 2.03 bits per heavy atom. The molecule has 0 spiro atoms. The third-order valence-corrected chi connectivity index (χ3v) is 5.71. The minimum Gasteiger partial charge on any atom is -0.352 e. The van der Waals surface area contributed by atoms with Crippen molar-refractivity contribution in [2.45, 2.75) is 0 Å². The highest BCUT2D eigenvalue weighted by atomic mass is 16.2. The summed E-state index contributed by atoms with van der Waals surface area (Å²) >= 11 is 0. The molecule has 0 atom stereocenters. The molecule has 0 bridgehead atoms. The van der Waals surface area contributed by atoms with Crippen LogP contribution in [0.4, 0.5) is 5.82 Å². The quantitative estimate of drug-likeness (QED) is 0.495. The molecule has 2 aromatic carbocycles. The Morgan fingerprint density at radius 2 is 1.38 bits per heavy atom. The van der Waals surface area contributed by atoms with E-state index in [-0.39, 0.29) is 5.91 Å². The second-order valence-corrected chi connectivity index (χ2v) is 7.71. The molecule has 158 valence electrons. The molecule has 1 fully saturated rings. The van der Waals surface area contributed by atoms with Gasteiger partial charge >= 0.3 is 0 Å². The number of benzene rings is 2. The standard InChI is InChI=1S/C26H23N5O/c32-26(22-11-9-21(10-12-22)20-6-2-1-3-7-20)31-18-16-30(17-19-31)25-14-13-24(28-29-25)23-8-4-5-15-27-23/h1-15H,16-19H2. The molecular weight excluding hydrogens is 398 g/mol. The van der Waals surface area contributed by atoms with E-state index in [0.29, 0.717) is 13.1 Å². The minimum absolute atomic E-state index is 0.0702. The lowest BCUT2D eigenvalue weighted by atomic mass is 10.0. The van der Waals surface area contributed by atoms with Gasteiger partial charge in [0.1, 0.15) is 5.69 Å². The molecule has 5 rings (SSSR count). The zero-order chi connectivity index (χ0) is 21.8. The largest absolute Gasteiger partial charge is 0.352 e. The fourth-order valence-electron chi connectivity index (χ4n) is 3.90. The molecule has 6 heteroatoms. The average molecular weight is 422 g/mol. The summed E-state index contributed by atoms with van der Waals surface area (Å²) < 4.78 is 0. The first-order valence-corrected chi connectivity index (χ1v) is 10.7. The molecular formula is C26H23N5O. The number of hydrogen-bond acceptors (Lipinski definition) is 5. The fourth-order valence-corrected chi connectivity index (χ4v) is 3.90. The van der Waals surface area contributed by atoms with E-state index in [1.165, 1.54) is 0 Å². The lowest BCUT2D eigenvalue weighted by Gasteiger charge is -2.35. The van der Waals surface area contributed by atoms with E-state index in [1.54, 1.807) is 6.20 Å². The molecule has 32 heavy (non-hydrogen) atoms. The van der Waals surface area contributed by atoms with Crippen LogP contribution in [0, 0.1) is 0 Å². The fraction of sp³-hybridized carbons (Fsp3) is 0.154. The highest BCUT2D eigenvalue weighted by Crippen LogP contribution is 2.21. The maximum absolute atomic E-state index is 13.0. The van der Waals surface area contributed by atoms with Crippen LogP contribution < -0.4 is 4.90 Å². The van der Waals surface area contributed by atoms with Gasteiger partial charge in [-0.2, -0.15) is 0 Å². The molecule has 4 aromatic rings. The van der Waals surface area contributed by atoms with Crippen molar-refractivity contribution in [3.05, 3.63) is 96.7 Å². The molecule has 0 radical (unpaired) electrons. The number of piperazine rings is 1. The number of carbonyl (C=O) groups excluding carboxylic acids is 1. The van der Waals surface area contributed by atoms with Gasteiger partial charge in [0.25, 0.3) is 5.91 Å². The molecule has 0 unspecified atom stereocenters. The Kier molecular flexibility index (Phi) is 5.58. The third kappa shape index (κ3) is 4.21. The number of anilines is 1. The van der Waals surface area contributed by atoms with Crippen LogP contribution in [0.15, 0.2) is 91.1 Å². The van der Waals surface area contributed by atoms with Crippen molar-refractivity contribution in [2.75, 3.05) is 31.1 Å². The number of carbonyl (C=O) groups is 1. The summed E-state index contributed by atoms with van der Waals surface area (Å²) in [5, 5.41) is 8.70. The first-order chi connectivity index (χ1) is 15.8. The number of hydrogen-bond donors (Lipinski definition) is 0. The van der Waals surface area contributed by atoms with Crippen LogP contribution in [0.3, 0.4) is 0 Å². The Bertz CT molecular complexity index is 1170. The maximum Gasteiger partial charge on any atom is 0.253 e. The molecule has 1 aliphatic rings. The third-order valence-electron chi connectivity index (χ3n) is 5.71. The van der Waals surface area contributed by atoms with Crippen LogP contribution >= 0.6 is 0 Å². The zero-order valence-electron chi connectivity index (χ0n) is 17.6. The molecule has 1 amide bonds. The van der Waals surface area contributed by atoms with Crippen LogP contribution in [0.25, 0.3) is 22.5 Å². The zero-order valence-corrected chi connectivity index (χ0v) is 17.6. The van der Waals surface area contributed by atoms with E-state index in [2.05, 4.69) is 32.2 Å². The molecule has 0 saturated carbocycles. The normalized spacial score (nSPS) is 13.8. The number of nitrogens with zero attached hydrogens (tertiary/aromatic N) is 5. The summed E-state index contributed by atoms with van der Waals surface area (Å²) in [6.07, 6.45) is 1.75. The number of aromatic nitrogens is 3. The van der Waals surface area contributed by atoms with Gasteiger partial charge in [0.05, 0.1) is 5.69 Å². The van der Waals surface area contributed by atoms with Gasteiger partial charge < -0.3 is 9.80 Å². The number of rotatable bonds is 4. The highest BCUT2D eigenvalue weighted by Gasteiger charge is 2.23. The topological polar surface area (TPSA) is 62.2 Å². The highest BCUT2D eigenvalue weighted by molar-refractivity contribution is 5.95. The molecule has 2 aromatic heterocycles. The van der Waals surface area contributed by atoms with Gasteiger partial charge in [0.2, 0.25) is 0 Å². The van der Waals surface area contributed by atoms with Crippen molar-refractivity contribution in [3.8, 4) is 22.5 Å². The lowest BCUT2D eigenvalue weighted by Crippen LogP contribution is -2.49. The van der Waals surface area contributed by atoms with E-state index in [1.807, 2.05) is 77.7 Å². The van der Waals surface area contributed by atoms with Crippen molar-refractivity contribution in [2.24, 2.45) is 0 Å². The molecule has 6 nitrogen and oxygen atoms in total. The first kappa shape index (κ1) is 19.9. The van der Waals surface area contributed by atoms with E-state index >= 15 is 0 Å². The maximum atomic E-state index is 13.0. The second kappa shape index (κ2) is 8.98. The summed E-state index contributed by atoms with van der Waals surface area (Å²) in [5.74, 6) is 0.893. The van der Waals surface area contributed by atoms with E-state index in [0.717, 1.165) is 47.0 Å². The molecule has 3 heterocycles. The lowest BCUT2D eigenvalue weighted by molar-refractivity contribution is 0.0746. The molecule has 0 aliphatic carbocycles. The molecule has 1 saturated heterocycles. The number of amides is 1. The smallest absolute Gasteiger partial charge is 0.253 e. The van der Waals surface area contributed by atoms with Gasteiger partial charge in [0, 0.05) is 37.9 Å². The van der Waals surface area contributed by atoms with Crippen LogP contribution in [0.1, 0.15) is 10.4 Å². The SMILES string of the molecule is O=C(c1ccc(-c2ccccc2)cc1)N1CCN(c2ccc(-c3ccccn3)nn2)CC1. The van der Waals surface area contributed by atoms with E-state index in [9.17, 15) is 4.79 Å². The van der Waals surface area contributed by atoms with Gasteiger partial charge in [-0.3, -0.25) is 9.78 Å². The summed E-state index contributed by atoms with van der Waals surface area (Å²) in [6.45, 7) is 2.77. The summed E-state index contributed by atoms with van der Waals surface area (Å²) in [6, 6.07) is 27.7. The van der Waals surface area contributed by atoms with Gasteiger partial charge in [-0.05, 0) is 47.5 Å². The monoisotopic (exact) mass is 421 g/mol. The number of pyridine rings is 1. The second-order valence-electron chi connectivity index (χ2n) is 7.71. The Balaban J connectivity index is 1.20. The van der Waals surface area contributed by atoms with Gasteiger partial charge in [-0.25, -0.2) is 0 Å². The van der Waals surface area contributed by atoms with Crippen LogP contribution in [-0.2, 0) is 0 Å². The Morgan fingerprint density at radius 1 is 0.656 bits per heavy atom. The van der Waals surface area contributed by atoms with Crippen molar-refractivity contribution in [1.82, 2.24) is 20.1 Å². The summed E-state index contributed by atoms with van der Waals surface area (Å²) in [7, 11) is 0. The molecule has 1 aliphatic heterocycles. The summed E-state index contributed by atoms with van der Waals surface area (Å²) in [5.41, 5.74) is 4.54. The van der Waals surface area contributed by atoms with Crippen molar-refractivity contribution in [3.63, 3.8) is 0 Å².